The normalized spacial score (nSPS) is 10.2. The van der Waals surface area contributed by atoms with E-state index in [4.69, 9.17) is 19.9 Å². The monoisotopic (exact) mass is 306 g/mol. The molecule has 22 heavy (non-hydrogen) atoms. The van der Waals surface area contributed by atoms with Crippen molar-refractivity contribution < 1.29 is 19.9 Å². The lowest BCUT2D eigenvalue weighted by Crippen LogP contribution is -2.14. The molecule has 0 aliphatic rings. The van der Waals surface area contributed by atoms with E-state index in [9.17, 15) is 10.4 Å². The van der Waals surface area contributed by atoms with Gasteiger partial charge in [0.05, 0.1) is 11.4 Å². The highest BCUT2D eigenvalue weighted by atomic mass is 16.8. The SMILES string of the molecule is [O-]N(O)c1ccccc1OCCOc1ccccc1N([O-])O. The van der Waals surface area contributed by atoms with Crippen LogP contribution >= 0.6 is 0 Å². The van der Waals surface area contributed by atoms with E-state index in [2.05, 4.69) is 0 Å². The number of hydrogen-bond donors (Lipinski definition) is 2. The lowest BCUT2D eigenvalue weighted by Gasteiger charge is -2.25. The molecule has 0 aliphatic carbocycles. The molecule has 2 aromatic rings. The van der Waals surface area contributed by atoms with Crippen molar-refractivity contribution in [3.05, 3.63) is 58.9 Å². The number of ether oxygens (including phenoxy) is 2. The van der Waals surface area contributed by atoms with Crippen molar-refractivity contribution in [1.29, 1.82) is 0 Å². The average molecular weight is 306 g/mol. The quantitative estimate of drug-likeness (QED) is 0.593. The fourth-order valence-corrected chi connectivity index (χ4v) is 1.78. The fourth-order valence-electron chi connectivity index (χ4n) is 1.78. The summed E-state index contributed by atoms with van der Waals surface area (Å²) in [6.07, 6.45) is 0. The zero-order valence-electron chi connectivity index (χ0n) is 11.5. The molecule has 0 atom stereocenters. The van der Waals surface area contributed by atoms with E-state index in [0.717, 1.165) is 0 Å². The molecule has 0 aliphatic heterocycles. The van der Waals surface area contributed by atoms with E-state index in [0.29, 0.717) is 0 Å². The van der Waals surface area contributed by atoms with Crippen LogP contribution in [0.25, 0.3) is 0 Å². The summed E-state index contributed by atoms with van der Waals surface area (Å²) in [5, 5.41) is 39.2. The minimum atomic E-state index is -0.285. The number of nitrogens with zero attached hydrogens (tertiary/aromatic N) is 2. The summed E-state index contributed by atoms with van der Waals surface area (Å²) < 4.78 is 10.7. The summed E-state index contributed by atoms with van der Waals surface area (Å²) >= 11 is 0. The topological polar surface area (TPSA) is 112 Å². The Balaban J connectivity index is 1.91. The van der Waals surface area contributed by atoms with Crippen molar-refractivity contribution in [1.82, 2.24) is 0 Å². The number of anilines is 2. The van der Waals surface area contributed by atoms with Gasteiger partial charge in [-0.05, 0) is 24.3 Å². The number of hydrogen-bond acceptors (Lipinski definition) is 8. The Bertz CT molecular complexity index is 552. The van der Waals surface area contributed by atoms with Gasteiger partial charge in [-0.25, -0.2) is 0 Å². The van der Waals surface area contributed by atoms with Crippen LogP contribution in [0.2, 0.25) is 0 Å². The van der Waals surface area contributed by atoms with Crippen molar-refractivity contribution >= 4 is 11.4 Å². The predicted octanol–water partition coefficient (Wildman–Crippen LogP) is 2.53. The van der Waals surface area contributed by atoms with Crippen molar-refractivity contribution in [3.8, 4) is 11.5 Å². The second-order valence-corrected chi connectivity index (χ2v) is 4.18. The molecule has 0 unspecified atom stereocenters. The van der Waals surface area contributed by atoms with Gasteiger partial charge in [-0.3, -0.25) is 10.4 Å². The molecule has 0 saturated heterocycles. The minimum absolute atomic E-state index is 0.0241. The molecule has 2 rings (SSSR count). The second-order valence-electron chi connectivity index (χ2n) is 4.18. The molecular weight excluding hydrogens is 292 g/mol. The first-order valence-electron chi connectivity index (χ1n) is 6.35. The van der Waals surface area contributed by atoms with Gasteiger partial charge in [0.1, 0.15) is 24.7 Å². The maximum Gasteiger partial charge on any atom is 0.144 e. The predicted molar refractivity (Wildman–Crippen MR) is 79.1 cm³/mol. The van der Waals surface area contributed by atoms with Crippen molar-refractivity contribution in [3.63, 3.8) is 0 Å². The van der Waals surface area contributed by atoms with E-state index in [1.54, 1.807) is 24.3 Å². The molecule has 0 amide bonds. The third-order valence-corrected chi connectivity index (χ3v) is 2.74. The molecule has 0 spiro atoms. The van der Waals surface area contributed by atoms with Crippen LogP contribution in [0.1, 0.15) is 0 Å². The van der Waals surface area contributed by atoms with Crippen LogP contribution in [0.15, 0.2) is 48.5 Å². The van der Waals surface area contributed by atoms with Crippen LogP contribution in [-0.4, -0.2) is 23.6 Å². The molecule has 8 nitrogen and oxygen atoms in total. The third-order valence-electron chi connectivity index (χ3n) is 2.74. The molecule has 0 heterocycles. The molecule has 2 N–H and O–H groups in total. The molecule has 2 aromatic carbocycles. The van der Waals surface area contributed by atoms with Crippen molar-refractivity contribution in [2.75, 3.05) is 23.7 Å². The highest BCUT2D eigenvalue weighted by Crippen LogP contribution is 2.27. The Morgan fingerprint density at radius 2 is 1.09 bits per heavy atom. The second kappa shape index (κ2) is 7.48. The largest absolute Gasteiger partial charge is 0.733 e. The van der Waals surface area contributed by atoms with Gasteiger partial charge < -0.3 is 30.3 Å². The number of rotatable bonds is 7. The lowest BCUT2D eigenvalue weighted by atomic mass is 10.3. The Labute approximate surface area is 126 Å². The van der Waals surface area contributed by atoms with E-state index in [1.165, 1.54) is 24.3 Å². The number of benzene rings is 2. The van der Waals surface area contributed by atoms with E-state index in [-0.39, 0.29) is 46.5 Å². The first-order chi connectivity index (χ1) is 10.6. The van der Waals surface area contributed by atoms with Crippen molar-refractivity contribution in [2.24, 2.45) is 0 Å². The Hall–Kier alpha value is -2.52. The van der Waals surface area contributed by atoms with E-state index >= 15 is 0 Å². The van der Waals surface area contributed by atoms with Gasteiger partial charge in [0.25, 0.3) is 0 Å². The smallest absolute Gasteiger partial charge is 0.144 e. The molecule has 8 heteroatoms. The average Bonchev–Trinajstić information content (AvgIpc) is 2.52. The lowest BCUT2D eigenvalue weighted by molar-refractivity contribution is 0.211. The van der Waals surface area contributed by atoms with Crippen LogP contribution < -0.4 is 19.9 Å². The molecule has 0 fully saturated rings. The van der Waals surface area contributed by atoms with Crippen LogP contribution in [-0.2, 0) is 0 Å². The minimum Gasteiger partial charge on any atom is -0.733 e. The molecular formula is C14H14N2O6-2. The van der Waals surface area contributed by atoms with Gasteiger partial charge in [-0.2, -0.15) is 0 Å². The summed E-state index contributed by atoms with van der Waals surface area (Å²) in [4.78, 5) is 0. The van der Waals surface area contributed by atoms with Gasteiger partial charge >= 0.3 is 0 Å². The van der Waals surface area contributed by atoms with Crippen LogP contribution in [0.4, 0.5) is 11.4 Å². The first kappa shape index (κ1) is 15.9. The summed E-state index contributed by atoms with van der Waals surface area (Å²) in [7, 11) is 0. The maximum absolute atomic E-state index is 10.9. The Morgan fingerprint density at radius 3 is 1.45 bits per heavy atom. The van der Waals surface area contributed by atoms with Gasteiger partial charge in [0, 0.05) is 0 Å². The van der Waals surface area contributed by atoms with E-state index < -0.39 is 0 Å². The summed E-state index contributed by atoms with van der Waals surface area (Å²) in [5.74, 6) is 0.397. The van der Waals surface area contributed by atoms with Crippen LogP contribution in [0, 0.1) is 10.4 Å². The first-order valence-corrected chi connectivity index (χ1v) is 6.35. The standard InChI is InChI=1S/C14H14N2O6/c17-15(18)11-5-1-3-7-13(11)21-9-10-22-14-8-4-2-6-12(14)16(19)20/h1-8,17,19H,9-10H2/q-2. The summed E-state index contributed by atoms with van der Waals surface area (Å²) in [6, 6.07) is 12.3. The third kappa shape index (κ3) is 3.99. The zero-order chi connectivity index (χ0) is 15.9. The number of para-hydroxylation sites is 4. The molecule has 0 radical (unpaired) electrons. The summed E-state index contributed by atoms with van der Waals surface area (Å²) in [6.45, 7) is 0.146. The summed E-state index contributed by atoms with van der Waals surface area (Å²) in [5.41, 5.74) is -0.0482. The fraction of sp³-hybridized carbons (Fsp3) is 0.143. The molecule has 0 saturated carbocycles. The van der Waals surface area contributed by atoms with Gasteiger partial charge in [-0.1, -0.05) is 24.3 Å². The van der Waals surface area contributed by atoms with Crippen molar-refractivity contribution in [2.45, 2.75) is 0 Å². The van der Waals surface area contributed by atoms with Gasteiger partial charge in [0.15, 0.2) is 0 Å². The highest BCUT2D eigenvalue weighted by Gasteiger charge is 2.05. The molecule has 0 bridgehead atoms. The molecule has 118 valence electrons. The highest BCUT2D eigenvalue weighted by molar-refractivity contribution is 5.57. The van der Waals surface area contributed by atoms with Gasteiger partial charge in [-0.15, -0.1) is 0 Å². The molecule has 0 aromatic heterocycles. The maximum atomic E-state index is 10.9. The van der Waals surface area contributed by atoms with E-state index in [1.807, 2.05) is 0 Å². The Morgan fingerprint density at radius 1 is 0.727 bits per heavy atom. The Kier molecular flexibility index (Phi) is 5.39. The zero-order valence-corrected chi connectivity index (χ0v) is 11.5. The van der Waals surface area contributed by atoms with Crippen LogP contribution in [0.3, 0.4) is 0 Å². The van der Waals surface area contributed by atoms with Gasteiger partial charge in [0.2, 0.25) is 0 Å². The van der Waals surface area contributed by atoms with Crippen LogP contribution in [0.5, 0.6) is 11.5 Å².